The molecule has 0 radical (unpaired) electrons. The molecule has 0 saturated heterocycles. The molecule has 0 unspecified atom stereocenters. The SMILES string of the molecule is O=C1c2ccccc2C(=O)c2cc(S(=O)(=O)Nc3cccc(F)c3)ccc21. The molecule has 27 heavy (non-hydrogen) atoms. The topological polar surface area (TPSA) is 80.3 Å². The number of fused-ring (bicyclic) bond motifs is 2. The van der Waals surface area contributed by atoms with Crippen molar-refractivity contribution in [3.63, 3.8) is 0 Å². The molecule has 0 fully saturated rings. The van der Waals surface area contributed by atoms with Crippen molar-refractivity contribution in [2.75, 3.05) is 4.72 Å². The predicted octanol–water partition coefficient (Wildman–Crippen LogP) is 3.40. The number of carbonyl (C=O) groups excluding carboxylic acids is 2. The second kappa shape index (κ2) is 6.14. The molecule has 0 atom stereocenters. The number of anilines is 1. The van der Waals surface area contributed by atoms with Gasteiger partial charge in [0.25, 0.3) is 10.0 Å². The second-order valence-electron chi connectivity index (χ2n) is 6.03. The van der Waals surface area contributed by atoms with E-state index in [0.29, 0.717) is 5.56 Å². The summed E-state index contributed by atoms with van der Waals surface area (Å²) in [5.74, 6) is -1.33. The Morgan fingerprint density at radius 3 is 2.00 bits per heavy atom. The third-order valence-corrected chi connectivity index (χ3v) is 5.66. The molecule has 0 saturated carbocycles. The second-order valence-corrected chi connectivity index (χ2v) is 7.71. The normalized spacial score (nSPS) is 13.1. The van der Waals surface area contributed by atoms with Crippen LogP contribution in [0.3, 0.4) is 0 Å². The number of rotatable bonds is 3. The van der Waals surface area contributed by atoms with Crippen LogP contribution in [0.1, 0.15) is 31.8 Å². The first-order valence-electron chi connectivity index (χ1n) is 7.98. The summed E-state index contributed by atoms with van der Waals surface area (Å²) in [5.41, 5.74) is 0.774. The number of sulfonamides is 1. The van der Waals surface area contributed by atoms with Gasteiger partial charge in [0.05, 0.1) is 10.6 Å². The Bertz CT molecular complexity index is 1220. The lowest BCUT2D eigenvalue weighted by Crippen LogP contribution is -2.22. The third kappa shape index (κ3) is 2.92. The van der Waals surface area contributed by atoms with Crippen LogP contribution in [0.5, 0.6) is 0 Å². The Kier molecular flexibility index (Phi) is 3.89. The lowest BCUT2D eigenvalue weighted by Gasteiger charge is -2.18. The minimum atomic E-state index is -4.06. The van der Waals surface area contributed by atoms with Crippen LogP contribution in [0.15, 0.2) is 71.6 Å². The van der Waals surface area contributed by atoms with Crippen molar-refractivity contribution in [2.45, 2.75) is 4.90 Å². The van der Waals surface area contributed by atoms with Gasteiger partial charge in [0.1, 0.15) is 5.82 Å². The van der Waals surface area contributed by atoms with Crippen molar-refractivity contribution in [2.24, 2.45) is 0 Å². The van der Waals surface area contributed by atoms with E-state index in [2.05, 4.69) is 4.72 Å². The number of hydrogen-bond acceptors (Lipinski definition) is 4. The Labute approximate surface area is 154 Å². The molecule has 4 rings (SSSR count). The van der Waals surface area contributed by atoms with Gasteiger partial charge in [-0.05, 0) is 36.4 Å². The first-order chi connectivity index (χ1) is 12.9. The van der Waals surface area contributed by atoms with Crippen LogP contribution in [0.2, 0.25) is 0 Å². The summed E-state index contributed by atoms with van der Waals surface area (Å²) in [6, 6.07) is 15.2. The minimum absolute atomic E-state index is 0.0285. The quantitative estimate of drug-likeness (QED) is 0.590. The molecular weight excluding hydrogens is 369 g/mol. The van der Waals surface area contributed by atoms with Gasteiger partial charge in [-0.3, -0.25) is 14.3 Å². The van der Waals surface area contributed by atoms with Gasteiger partial charge in [0, 0.05) is 22.3 Å². The average molecular weight is 381 g/mol. The highest BCUT2D eigenvalue weighted by molar-refractivity contribution is 7.92. The van der Waals surface area contributed by atoms with Crippen LogP contribution in [0.25, 0.3) is 0 Å². The zero-order valence-corrected chi connectivity index (χ0v) is 14.6. The Balaban J connectivity index is 1.77. The monoisotopic (exact) mass is 381 g/mol. The summed E-state index contributed by atoms with van der Waals surface area (Å²) in [7, 11) is -4.06. The largest absolute Gasteiger partial charge is 0.289 e. The van der Waals surface area contributed by atoms with Gasteiger partial charge in [0.2, 0.25) is 0 Å². The molecule has 134 valence electrons. The van der Waals surface area contributed by atoms with Gasteiger partial charge in [-0.2, -0.15) is 0 Å². The van der Waals surface area contributed by atoms with Crippen LogP contribution in [0, 0.1) is 5.82 Å². The van der Waals surface area contributed by atoms with Crippen molar-refractivity contribution in [3.8, 4) is 0 Å². The van der Waals surface area contributed by atoms with Crippen molar-refractivity contribution >= 4 is 27.3 Å². The van der Waals surface area contributed by atoms with E-state index in [1.54, 1.807) is 18.2 Å². The lowest BCUT2D eigenvalue weighted by molar-refractivity contribution is 0.0979. The fraction of sp³-hybridized carbons (Fsp3) is 0. The van der Waals surface area contributed by atoms with E-state index in [9.17, 15) is 22.4 Å². The Morgan fingerprint density at radius 2 is 1.33 bits per heavy atom. The highest BCUT2D eigenvalue weighted by atomic mass is 32.2. The molecule has 1 aliphatic carbocycles. The number of halogens is 1. The summed E-state index contributed by atoms with van der Waals surface area (Å²) < 4.78 is 40.8. The molecule has 1 N–H and O–H groups in total. The lowest BCUT2D eigenvalue weighted by atomic mass is 9.84. The fourth-order valence-electron chi connectivity index (χ4n) is 3.01. The summed E-state index contributed by atoms with van der Waals surface area (Å²) in [4.78, 5) is 25.1. The van der Waals surface area contributed by atoms with E-state index in [1.807, 2.05) is 0 Å². The van der Waals surface area contributed by atoms with Crippen LogP contribution < -0.4 is 4.72 Å². The first kappa shape index (κ1) is 17.1. The smallest absolute Gasteiger partial charge is 0.261 e. The number of hydrogen-bond donors (Lipinski definition) is 1. The Hall–Kier alpha value is -3.32. The molecule has 3 aromatic rings. The third-order valence-electron chi connectivity index (χ3n) is 4.28. The predicted molar refractivity (Wildman–Crippen MR) is 97.0 cm³/mol. The fourth-order valence-corrected chi connectivity index (χ4v) is 4.09. The highest BCUT2D eigenvalue weighted by Crippen LogP contribution is 2.29. The van der Waals surface area contributed by atoms with Crippen LogP contribution in [-0.4, -0.2) is 20.0 Å². The standard InChI is InChI=1S/C20H12FNO4S/c21-12-4-3-5-13(10-12)22-27(25,26)14-8-9-17-18(11-14)20(24)16-7-2-1-6-15(16)19(17)23/h1-11,22H. The molecular formula is C20H12FNO4S. The summed E-state index contributed by atoms with van der Waals surface area (Å²) >= 11 is 0. The van der Waals surface area contributed by atoms with Crippen molar-refractivity contribution < 1.29 is 22.4 Å². The summed E-state index contributed by atoms with van der Waals surface area (Å²) in [6.07, 6.45) is 0. The van der Waals surface area contributed by atoms with Gasteiger partial charge in [-0.1, -0.05) is 30.3 Å². The molecule has 5 nitrogen and oxygen atoms in total. The number of carbonyl (C=O) groups is 2. The molecule has 1 aliphatic rings. The average Bonchev–Trinajstić information content (AvgIpc) is 2.65. The minimum Gasteiger partial charge on any atom is -0.289 e. The number of ketones is 2. The maximum Gasteiger partial charge on any atom is 0.261 e. The van der Waals surface area contributed by atoms with E-state index in [-0.39, 0.29) is 33.1 Å². The molecule has 0 aliphatic heterocycles. The Morgan fingerprint density at radius 1 is 0.704 bits per heavy atom. The van der Waals surface area contributed by atoms with E-state index in [4.69, 9.17) is 0 Å². The molecule has 3 aromatic carbocycles. The number of benzene rings is 3. The van der Waals surface area contributed by atoms with E-state index in [1.165, 1.54) is 42.5 Å². The zero-order valence-electron chi connectivity index (χ0n) is 13.8. The van der Waals surface area contributed by atoms with Crippen molar-refractivity contribution in [3.05, 3.63) is 94.8 Å². The summed E-state index contributed by atoms with van der Waals surface area (Å²) in [6.45, 7) is 0. The van der Waals surface area contributed by atoms with Gasteiger partial charge in [-0.15, -0.1) is 0 Å². The van der Waals surface area contributed by atoms with Crippen LogP contribution in [-0.2, 0) is 10.0 Å². The molecule has 0 bridgehead atoms. The molecule has 0 amide bonds. The number of nitrogens with one attached hydrogen (secondary N) is 1. The van der Waals surface area contributed by atoms with E-state index >= 15 is 0 Å². The van der Waals surface area contributed by atoms with E-state index < -0.39 is 21.6 Å². The van der Waals surface area contributed by atoms with Crippen LogP contribution >= 0.6 is 0 Å². The van der Waals surface area contributed by atoms with Crippen molar-refractivity contribution in [1.82, 2.24) is 0 Å². The first-order valence-corrected chi connectivity index (χ1v) is 9.46. The molecule has 7 heteroatoms. The maximum atomic E-state index is 13.3. The van der Waals surface area contributed by atoms with Gasteiger partial charge < -0.3 is 0 Å². The molecule has 0 aromatic heterocycles. The molecule has 0 spiro atoms. The maximum absolute atomic E-state index is 13.3. The van der Waals surface area contributed by atoms with E-state index in [0.717, 1.165) is 6.07 Å². The highest BCUT2D eigenvalue weighted by Gasteiger charge is 2.30. The van der Waals surface area contributed by atoms with Gasteiger partial charge in [-0.25, -0.2) is 12.8 Å². The van der Waals surface area contributed by atoms with Gasteiger partial charge in [0.15, 0.2) is 11.6 Å². The zero-order chi connectivity index (χ0) is 19.2. The molecule has 0 heterocycles. The van der Waals surface area contributed by atoms with Crippen molar-refractivity contribution in [1.29, 1.82) is 0 Å². The summed E-state index contributed by atoms with van der Waals surface area (Å²) in [5, 5.41) is 0. The van der Waals surface area contributed by atoms with Crippen LogP contribution in [0.4, 0.5) is 10.1 Å². The van der Waals surface area contributed by atoms with Gasteiger partial charge >= 0.3 is 0 Å².